The first-order valence-corrected chi connectivity index (χ1v) is 20.4. The number of hydrogen-bond acceptors (Lipinski definition) is 1. The summed E-state index contributed by atoms with van der Waals surface area (Å²) >= 11 is 0. The molecule has 0 aromatic heterocycles. The molecular weight excluding hydrogens is 699 g/mol. The summed E-state index contributed by atoms with van der Waals surface area (Å²) in [5, 5.41) is 0. The van der Waals surface area contributed by atoms with Gasteiger partial charge in [0.2, 0.25) is 0 Å². The molecule has 58 heavy (non-hydrogen) atoms. The minimum absolute atomic E-state index is 0.107. The average molecular weight is 738 g/mol. The molecule has 1 nitrogen and oxygen atoms in total. The second-order valence-corrected chi connectivity index (χ2v) is 16.4. The number of nitrogens with zero attached hydrogens (tertiary/aromatic N) is 1. The molecule has 272 valence electrons. The third-order valence-corrected chi connectivity index (χ3v) is 13.0. The number of rotatable bonds is 5. The third kappa shape index (κ3) is 4.65. The van der Waals surface area contributed by atoms with E-state index in [0.29, 0.717) is 0 Å². The van der Waals surface area contributed by atoms with Gasteiger partial charge < -0.3 is 4.90 Å². The number of anilines is 3. The lowest BCUT2D eigenvalue weighted by Crippen LogP contribution is -2.16. The van der Waals surface area contributed by atoms with Crippen molar-refractivity contribution < 1.29 is 0 Å². The molecule has 0 saturated carbocycles. The Hall–Kier alpha value is -7.22. The van der Waals surface area contributed by atoms with Gasteiger partial charge in [-0.05, 0) is 119 Å². The third-order valence-electron chi connectivity index (χ3n) is 13.0. The first-order chi connectivity index (χ1) is 28.6. The minimum atomic E-state index is -0.107. The van der Waals surface area contributed by atoms with E-state index in [2.05, 4.69) is 219 Å². The zero-order chi connectivity index (χ0) is 38.5. The van der Waals surface area contributed by atoms with E-state index in [1.165, 1.54) is 106 Å². The molecule has 0 N–H and O–H groups in total. The Balaban J connectivity index is 1.03. The molecule has 0 unspecified atom stereocenters. The van der Waals surface area contributed by atoms with Crippen molar-refractivity contribution in [3.05, 3.63) is 211 Å². The first kappa shape index (κ1) is 33.0. The van der Waals surface area contributed by atoms with E-state index in [-0.39, 0.29) is 5.41 Å². The first-order valence-electron chi connectivity index (χ1n) is 20.4. The van der Waals surface area contributed by atoms with Crippen LogP contribution in [0.4, 0.5) is 17.1 Å². The van der Waals surface area contributed by atoms with Gasteiger partial charge in [-0.1, -0.05) is 184 Å². The van der Waals surface area contributed by atoms with Crippen LogP contribution in [0, 0.1) is 0 Å². The monoisotopic (exact) mass is 737 g/mol. The molecule has 0 radical (unpaired) electrons. The molecule has 0 fully saturated rings. The Morgan fingerprint density at radius 3 is 1.53 bits per heavy atom. The fraction of sp³-hybridized carbons (Fsp3) is 0.0526. The van der Waals surface area contributed by atoms with Crippen LogP contribution in [0.5, 0.6) is 0 Å². The Labute approximate surface area is 340 Å². The van der Waals surface area contributed by atoms with Crippen molar-refractivity contribution in [3.63, 3.8) is 0 Å². The maximum absolute atomic E-state index is 2.49. The topological polar surface area (TPSA) is 3.24 Å². The quantitative estimate of drug-likeness (QED) is 0.170. The van der Waals surface area contributed by atoms with Gasteiger partial charge in [0, 0.05) is 22.2 Å². The van der Waals surface area contributed by atoms with Crippen LogP contribution in [-0.4, -0.2) is 0 Å². The van der Waals surface area contributed by atoms with Gasteiger partial charge in [0.05, 0.1) is 11.4 Å². The predicted octanol–water partition coefficient (Wildman–Crippen LogP) is 15.8. The van der Waals surface area contributed by atoms with E-state index in [0.717, 1.165) is 11.4 Å². The maximum Gasteiger partial charge on any atom is 0.0543 e. The van der Waals surface area contributed by atoms with E-state index < -0.39 is 0 Å². The number of para-hydroxylation sites is 1. The highest BCUT2D eigenvalue weighted by molar-refractivity contribution is 6.15. The SMILES string of the molecule is CC1(C)c2ccccc2-c2c(N(c3ccc(-c4ccc5c(c4)-c4c6cccc4-c4cccc-5c4-c4ccccc4-6)cc3)c3ccccc3-c3ccccc3)cccc21. The second kappa shape index (κ2) is 12.4. The van der Waals surface area contributed by atoms with Crippen molar-refractivity contribution >= 4 is 17.1 Å². The number of fused-ring (bicyclic) bond motifs is 7. The fourth-order valence-electron chi connectivity index (χ4n) is 10.3. The molecule has 3 aliphatic rings. The van der Waals surface area contributed by atoms with Crippen LogP contribution in [0.25, 0.3) is 89.0 Å². The normalized spacial score (nSPS) is 13.1. The van der Waals surface area contributed by atoms with Crippen LogP contribution in [0.3, 0.4) is 0 Å². The van der Waals surface area contributed by atoms with Gasteiger partial charge in [-0.25, -0.2) is 0 Å². The Morgan fingerprint density at radius 2 is 0.793 bits per heavy atom. The fourth-order valence-corrected chi connectivity index (χ4v) is 10.3. The number of benzene rings is 9. The molecule has 0 heterocycles. The highest BCUT2D eigenvalue weighted by Gasteiger charge is 2.38. The molecule has 3 aliphatic carbocycles. The van der Waals surface area contributed by atoms with Crippen LogP contribution in [0.15, 0.2) is 200 Å². The molecular formula is C57H39N. The minimum Gasteiger partial charge on any atom is -0.309 e. The van der Waals surface area contributed by atoms with Crippen molar-refractivity contribution in [2.24, 2.45) is 0 Å². The predicted molar refractivity (Wildman–Crippen MR) is 244 cm³/mol. The van der Waals surface area contributed by atoms with Crippen LogP contribution in [0.1, 0.15) is 25.0 Å². The number of hydrogen-bond donors (Lipinski definition) is 0. The summed E-state index contributed by atoms with van der Waals surface area (Å²) in [4.78, 5) is 2.49. The maximum atomic E-state index is 2.49. The molecule has 0 atom stereocenters. The van der Waals surface area contributed by atoms with Gasteiger partial charge in [0.1, 0.15) is 0 Å². The zero-order valence-electron chi connectivity index (χ0n) is 32.5. The standard InChI is InChI=1S/C57H39N/c1-57(2)50-25-10-8-20-48(50)56-51(57)26-14-28-53(56)58(52-27-11-9-17-40(52)37-15-4-3-5-16-37)39-32-29-36(30-33-39)38-31-34-42-45-22-13-23-46-47-24-12-21-44(55(47)49(42)35-38)41-18-6-7-19-43(41)54(45)46/h3-35H,1-2H3. The molecule has 0 spiro atoms. The van der Waals surface area contributed by atoms with Crippen LogP contribution in [-0.2, 0) is 5.41 Å². The average Bonchev–Trinajstić information content (AvgIpc) is 3.45. The molecule has 0 aliphatic heterocycles. The van der Waals surface area contributed by atoms with E-state index in [9.17, 15) is 0 Å². The van der Waals surface area contributed by atoms with Crippen molar-refractivity contribution in [3.8, 4) is 89.0 Å². The van der Waals surface area contributed by atoms with Crippen molar-refractivity contribution in [2.75, 3.05) is 4.90 Å². The Bertz CT molecular complexity index is 3110. The van der Waals surface area contributed by atoms with Crippen molar-refractivity contribution in [1.29, 1.82) is 0 Å². The van der Waals surface area contributed by atoms with E-state index in [1.807, 2.05) is 0 Å². The largest absolute Gasteiger partial charge is 0.309 e. The summed E-state index contributed by atoms with van der Waals surface area (Å²) in [5.74, 6) is 0. The summed E-state index contributed by atoms with van der Waals surface area (Å²) in [6.45, 7) is 4.72. The van der Waals surface area contributed by atoms with Gasteiger partial charge >= 0.3 is 0 Å². The summed E-state index contributed by atoms with van der Waals surface area (Å²) in [6.07, 6.45) is 0. The molecule has 6 bridgehead atoms. The van der Waals surface area contributed by atoms with Crippen molar-refractivity contribution in [2.45, 2.75) is 19.3 Å². The molecule has 9 aromatic rings. The van der Waals surface area contributed by atoms with Crippen LogP contribution in [0.2, 0.25) is 0 Å². The van der Waals surface area contributed by atoms with Gasteiger partial charge in [0.25, 0.3) is 0 Å². The van der Waals surface area contributed by atoms with Crippen LogP contribution < -0.4 is 4.90 Å². The highest BCUT2D eigenvalue weighted by Crippen LogP contribution is 2.58. The van der Waals surface area contributed by atoms with E-state index >= 15 is 0 Å². The van der Waals surface area contributed by atoms with Gasteiger partial charge in [-0.2, -0.15) is 0 Å². The summed E-state index contributed by atoms with van der Waals surface area (Å²) in [5.41, 5.74) is 26.6. The Kier molecular flexibility index (Phi) is 7.04. The lowest BCUT2D eigenvalue weighted by Gasteiger charge is -2.30. The van der Waals surface area contributed by atoms with Crippen LogP contribution >= 0.6 is 0 Å². The lowest BCUT2D eigenvalue weighted by molar-refractivity contribution is 0.660. The van der Waals surface area contributed by atoms with Gasteiger partial charge in [-0.15, -0.1) is 0 Å². The highest BCUT2D eigenvalue weighted by atomic mass is 15.1. The molecule has 0 saturated heterocycles. The Morgan fingerprint density at radius 1 is 0.293 bits per heavy atom. The van der Waals surface area contributed by atoms with E-state index in [1.54, 1.807) is 0 Å². The second-order valence-electron chi connectivity index (χ2n) is 16.4. The summed E-state index contributed by atoms with van der Waals surface area (Å²) in [7, 11) is 0. The van der Waals surface area contributed by atoms with E-state index in [4.69, 9.17) is 0 Å². The van der Waals surface area contributed by atoms with Crippen molar-refractivity contribution in [1.82, 2.24) is 0 Å². The molecule has 0 amide bonds. The molecule has 12 rings (SSSR count). The summed E-state index contributed by atoms with van der Waals surface area (Å²) in [6, 6.07) is 74.4. The van der Waals surface area contributed by atoms with Gasteiger partial charge in [0.15, 0.2) is 0 Å². The summed E-state index contributed by atoms with van der Waals surface area (Å²) < 4.78 is 0. The molecule has 1 heteroatoms. The molecule has 9 aromatic carbocycles. The zero-order valence-corrected chi connectivity index (χ0v) is 32.5. The lowest BCUT2D eigenvalue weighted by atomic mass is 9.82. The smallest absolute Gasteiger partial charge is 0.0543 e. The van der Waals surface area contributed by atoms with Gasteiger partial charge in [-0.3, -0.25) is 0 Å².